The smallest absolute Gasteiger partial charge is 0.329 e. The van der Waals surface area contributed by atoms with Gasteiger partial charge < -0.3 is 9.80 Å². The molecular formula is C19H26N4O2. The van der Waals surface area contributed by atoms with Gasteiger partial charge in [0.15, 0.2) is 0 Å². The summed E-state index contributed by atoms with van der Waals surface area (Å²) < 4.78 is 3.24. The Balaban J connectivity index is 1.60. The number of hydrogen-bond acceptors (Lipinski definition) is 3. The average molecular weight is 342 g/mol. The highest BCUT2D eigenvalue weighted by Crippen LogP contribution is 2.29. The van der Waals surface area contributed by atoms with Gasteiger partial charge in [0, 0.05) is 25.7 Å². The number of rotatable bonds is 3. The van der Waals surface area contributed by atoms with Gasteiger partial charge in [0.1, 0.15) is 6.54 Å². The number of benzene rings is 1. The van der Waals surface area contributed by atoms with Gasteiger partial charge in [0.05, 0.1) is 11.0 Å². The Kier molecular flexibility index (Phi) is 4.15. The van der Waals surface area contributed by atoms with E-state index in [1.165, 1.54) is 12.8 Å². The van der Waals surface area contributed by atoms with E-state index >= 15 is 0 Å². The van der Waals surface area contributed by atoms with E-state index in [4.69, 9.17) is 0 Å². The number of carbonyl (C=O) groups excluding carboxylic acids is 1. The van der Waals surface area contributed by atoms with Gasteiger partial charge in [-0.15, -0.1) is 0 Å². The molecule has 0 aliphatic carbocycles. The second-order valence-electron chi connectivity index (χ2n) is 7.40. The van der Waals surface area contributed by atoms with Crippen LogP contribution in [0, 0.1) is 0 Å². The number of hydrogen-bond donors (Lipinski definition) is 0. The molecule has 0 spiro atoms. The molecule has 0 saturated carbocycles. The molecule has 2 aliphatic heterocycles. The van der Waals surface area contributed by atoms with Gasteiger partial charge >= 0.3 is 5.69 Å². The van der Waals surface area contributed by atoms with Crippen LogP contribution in [0.5, 0.6) is 0 Å². The van der Waals surface area contributed by atoms with Crippen LogP contribution in [0.3, 0.4) is 0 Å². The lowest BCUT2D eigenvalue weighted by atomic mass is 10.0. The number of carbonyl (C=O) groups is 1. The van der Waals surface area contributed by atoms with Crippen molar-refractivity contribution in [3.05, 3.63) is 34.7 Å². The molecule has 2 fully saturated rings. The van der Waals surface area contributed by atoms with Crippen molar-refractivity contribution in [2.75, 3.05) is 20.1 Å². The molecule has 1 amide bonds. The molecule has 0 unspecified atom stereocenters. The van der Waals surface area contributed by atoms with E-state index in [0.29, 0.717) is 12.1 Å². The maximum atomic E-state index is 13.0. The van der Waals surface area contributed by atoms with Crippen molar-refractivity contribution < 1.29 is 4.79 Å². The largest absolute Gasteiger partial charge is 0.337 e. The van der Waals surface area contributed by atoms with Crippen LogP contribution in [0.2, 0.25) is 0 Å². The van der Waals surface area contributed by atoms with Gasteiger partial charge in [0.2, 0.25) is 5.91 Å². The molecule has 134 valence electrons. The van der Waals surface area contributed by atoms with Crippen LogP contribution in [0.25, 0.3) is 11.0 Å². The van der Waals surface area contributed by atoms with Crippen LogP contribution < -0.4 is 5.69 Å². The number of likely N-dealkylation sites (tertiary alicyclic amines) is 2. The molecule has 3 heterocycles. The van der Waals surface area contributed by atoms with E-state index in [9.17, 15) is 9.59 Å². The van der Waals surface area contributed by atoms with Gasteiger partial charge in [-0.2, -0.15) is 0 Å². The first-order chi connectivity index (χ1) is 12.1. The Hall–Kier alpha value is -2.08. The van der Waals surface area contributed by atoms with Crippen LogP contribution in [0.15, 0.2) is 29.1 Å². The fourth-order valence-electron chi connectivity index (χ4n) is 4.67. The molecule has 1 aromatic heterocycles. The molecular weight excluding hydrogens is 316 g/mol. The first kappa shape index (κ1) is 16.4. The van der Waals surface area contributed by atoms with Crippen molar-refractivity contribution in [3.63, 3.8) is 0 Å². The summed E-state index contributed by atoms with van der Waals surface area (Å²) in [5.41, 5.74) is 1.58. The Morgan fingerprint density at radius 2 is 1.72 bits per heavy atom. The predicted octanol–water partition coefficient (Wildman–Crippen LogP) is 1.43. The third-order valence-corrected chi connectivity index (χ3v) is 5.99. The number of aryl methyl sites for hydroxylation is 1. The minimum absolute atomic E-state index is 0.0706. The second-order valence-corrected chi connectivity index (χ2v) is 7.40. The molecule has 2 aliphatic rings. The van der Waals surface area contributed by atoms with Gasteiger partial charge in [-0.1, -0.05) is 12.1 Å². The predicted molar refractivity (Wildman–Crippen MR) is 97.6 cm³/mol. The van der Waals surface area contributed by atoms with E-state index in [1.54, 1.807) is 16.2 Å². The number of fused-ring (bicyclic) bond motifs is 1. The zero-order valence-electron chi connectivity index (χ0n) is 15.0. The topological polar surface area (TPSA) is 50.5 Å². The average Bonchev–Trinajstić information content (AvgIpc) is 3.30. The Bertz CT molecular complexity index is 853. The van der Waals surface area contributed by atoms with Gasteiger partial charge in [-0.25, -0.2) is 4.79 Å². The fourth-order valence-corrected chi connectivity index (χ4v) is 4.67. The fraction of sp³-hybridized carbons (Fsp3) is 0.579. The molecule has 25 heavy (non-hydrogen) atoms. The number of amides is 1. The Morgan fingerprint density at radius 1 is 1.04 bits per heavy atom. The summed E-state index contributed by atoms with van der Waals surface area (Å²) >= 11 is 0. The molecule has 2 saturated heterocycles. The summed E-state index contributed by atoms with van der Waals surface area (Å²) in [5, 5.41) is 0. The standard InChI is InChI=1S/C19H26N4O2/c1-20-11-5-9-14(20)16-10-6-12-22(16)18(24)13-23-17-8-4-3-7-15(17)21(2)19(23)25/h3-4,7-8,14,16H,5-6,9-13H2,1-2H3/t14-,16-/m1/s1. The first-order valence-corrected chi connectivity index (χ1v) is 9.22. The number of imidazole rings is 1. The third kappa shape index (κ3) is 2.68. The Morgan fingerprint density at radius 3 is 2.44 bits per heavy atom. The molecule has 0 bridgehead atoms. The normalized spacial score (nSPS) is 24.5. The third-order valence-electron chi connectivity index (χ3n) is 5.99. The van der Waals surface area contributed by atoms with E-state index in [1.807, 2.05) is 29.2 Å². The zero-order valence-corrected chi connectivity index (χ0v) is 15.0. The summed E-state index contributed by atoms with van der Waals surface area (Å²) in [7, 11) is 3.92. The highest BCUT2D eigenvalue weighted by molar-refractivity contribution is 5.81. The van der Waals surface area contributed by atoms with Crippen molar-refractivity contribution >= 4 is 16.9 Å². The number of nitrogens with zero attached hydrogens (tertiary/aromatic N) is 4. The number of likely N-dealkylation sites (N-methyl/N-ethyl adjacent to an activating group) is 1. The van der Waals surface area contributed by atoms with Crippen LogP contribution in [0.1, 0.15) is 25.7 Å². The lowest BCUT2D eigenvalue weighted by molar-refractivity contribution is -0.133. The lowest BCUT2D eigenvalue weighted by Crippen LogP contribution is -2.48. The van der Waals surface area contributed by atoms with Crippen LogP contribution in [0.4, 0.5) is 0 Å². The number of para-hydroxylation sites is 2. The summed E-state index contributed by atoms with van der Waals surface area (Å²) in [6.07, 6.45) is 4.51. The second kappa shape index (κ2) is 6.33. The summed E-state index contributed by atoms with van der Waals surface area (Å²) in [5.74, 6) is 0.0706. The van der Waals surface area contributed by atoms with Crippen molar-refractivity contribution in [2.45, 2.75) is 44.3 Å². The monoisotopic (exact) mass is 342 g/mol. The van der Waals surface area contributed by atoms with Crippen molar-refractivity contribution in [3.8, 4) is 0 Å². The van der Waals surface area contributed by atoms with Gasteiger partial charge in [0.25, 0.3) is 0 Å². The molecule has 6 heteroatoms. The molecule has 0 N–H and O–H groups in total. The van der Waals surface area contributed by atoms with E-state index in [0.717, 1.165) is 37.0 Å². The lowest BCUT2D eigenvalue weighted by Gasteiger charge is -2.33. The van der Waals surface area contributed by atoms with Crippen molar-refractivity contribution in [2.24, 2.45) is 7.05 Å². The number of aromatic nitrogens is 2. The highest BCUT2D eigenvalue weighted by Gasteiger charge is 2.38. The molecule has 6 nitrogen and oxygen atoms in total. The molecule has 2 atom stereocenters. The summed E-state index contributed by atoms with van der Waals surface area (Å²) in [6.45, 7) is 2.06. The highest BCUT2D eigenvalue weighted by atomic mass is 16.2. The van der Waals surface area contributed by atoms with Crippen molar-refractivity contribution in [1.29, 1.82) is 0 Å². The van der Waals surface area contributed by atoms with E-state index in [-0.39, 0.29) is 18.1 Å². The summed E-state index contributed by atoms with van der Waals surface area (Å²) in [6, 6.07) is 8.43. The van der Waals surface area contributed by atoms with Gasteiger partial charge in [-0.05, 0) is 51.4 Å². The Labute approximate surface area is 147 Å². The minimum Gasteiger partial charge on any atom is -0.337 e. The molecule has 2 aromatic rings. The SMILES string of the molecule is CN1CCC[C@@H]1[C@H]1CCCN1C(=O)Cn1c(=O)n(C)c2ccccc21. The van der Waals surface area contributed by atoms with Gasteiger partial charge in [-0.3, -0.25) is 13.9 Å². The maximum absolute atomic E-state index is 13.0. The molecule has 1 aromatic carbocycles. The van der Waals surface area contributed by atoms with Crippen LogP contribution in [-0.2, 0) is 18.4 Å². The van der Waals surface area contributed by atoms with Crippen molar-refractivity contribution in [1.82, 2.24) is 18.9 Å². The van der Waals surface area contributed by atoms with Crippen LogP contribution >= 0.6 is 0 Å². The zero-order chi connectivity index (χ0) is 17.6. The minimum atomic E-state index is -0.122. The van der Waals surface area contributed by atoms with E-state index < -0.39 is 0 Å². The molecule has 4 rings (SSSR count). The summed E-state index contributed by atoms with van der Waals surface area (Å²) in [4.78, 5) is 30.0. The molecule has 0 radical (unpaired) electrons. The first-order valence-electron chi connectivity index (χ1n) is 9.22. The maximum Gasteiger partial charge on any atom is 0.329 e. The quantitative estimate of drug-likeness (QED) is 0.848. The van der Waals surface area contributed by atoms with Crippen LogP contribution in [-0.4, -0.2) is 57.1 Å². The van der Waals surface area contributed by atoms with E-state index in [2.05, 4.69) is 11.9 Å².